The molecule has 3 nitrogen and oxygen atoms in total. The Labute approximate surface area is 96.8 Å². The largest absolute Gasteiger partial charge is 0.481 e. The van der Waals surface area contributed by atoms with Gasteiger partial charge in [0.15, 0.2) is 5.60 Å². The molecule has 0 spiro atoms. The zero-order chi connectivity index (χ0) is 11.3. The third-order valence-corrected chi connectivity index (χ3v) is 2.68. The lowest BCUT2D eigenvalue weighted by Crippen LogP contribution is -2.60. The van der Waals surface area contributed by atoms with E-state index in [9.17, 15) is 0 Å². The molecule has 0 unspecified atom stereocenters. The predicted molar refractivity (Wildman–Crippen MR) is 63.8 cm³/mol. The summed E-state index contributed by atoms with van der Waals surface area (Å²) < 4.78 is 11.3. The van der Waals surface area contributed by atoms with Crippen molar-refractivity contribution in [3.63, 3.8) is 0 Å². The van der Waals surface area contributed by atoms with E-state index in [4.69, 9.17) is 9.47 Å². The van der Waals surface area contributed by atoms with Crippen LogP contribution in [0, 0.1) is 0 Å². The van der Waals surface area contributed by atoms with Crippen molar-refractivity contribution in [3.8, 4) is 5.75 Å². The highest BCUT2D eigenvalue weighted by atomic mass is 16.6. The lowest BCUT2D eigenvalue weighted by molar-refractivity contribution is -0.158. The first kappa shape index (κ1) is 11.4. The monoisotopic (exact) mass is 221 g/mol. The average molecular weight is 221 g/mol. The van der Waals surface area contributed by atoms with E-state index >= 15 is 0 Å². The molecule has 0 amide bonds. The van der Waals surface area contributed by atoms with Gasteiger partial charge in [0.25, 0.3) is 0 Å². The fraction of sp³-hybridized carbons (Fsp3) is 0.538. The van der Waals surface area contributed by atoms with Crippen molar-refractivity contribution in [2.45, 2.75) is 18.9 Å². The van der Waals surface area contributed by atoms with Crippen LogP contribution in [0.15, 0.2) is 30.3 Å². The normalized spacial score (nSPS) is 17.8. The molecule has 0 saturated carbocycles. The standard InChI is InChI=1S/C13H19NO2/c1-2-8-14-9-13(10-15-11-13)16-12-6-4-3-5-7-12/h3-7,14H,2,8-11H2,1H3. The molecule has 0 bridgehead atoms. The van der Waals surface area contributed by atoms with Crippen LogP contribution in [0.3, 0.4) is 0 Å². The van der Waals surface area contributed by atoms with Crippen molar-refractivity contribution in [2.24, 2.45) is 0 Å². The van der Waals surface area contributed by atoms with Gasteiger partial charge in [-0.1, -0.05) is 25.1 Å². The maximum Gasteiger partial charge on any atom is 0.167 e. The van der Waals surface area contributed by atoms with Crippen LogP contribution < -0.4 is 10.1 Å². The van der Waals surface area contributed by atoms with Gasteiger partial charge in [-0.05, 0) is 25.1 Å². The Morgan fingerprint density at radius 2 is 2.06 bits per heavy atom. The van der Waals surface area contributed by atoms with Gasteiger partial charge in [0.05, 0.1) is 13.2 Å². The van der Waals surface area contributed by atoms with Gasteiger partial charge in [0.1, 0.15) is 5.75 Å². The van der Waals surface area contributed by atoms with Crippen molar-refractivity contribution in [3.05, 3.63) is 30.3 Å². The van der Waals surface area contributed by atoms with E-state index in [1.54, 1.807) is 0 Å². The summed E-state index contributed by atoms with van der Waals surface area (Å²) in [6.45, 7) is 5.40. The van der Waals surface area contributed by atoms with Gasteiger partial charge in [-0.15, -0.1) is 0 Å². The Balaban J connectivity index is 1.89. The first-order chi connectivity index (χ1) is 7.85. The maximum atomic E-state index is 6.00. The minimum atomic E-state index is -0.156. The van der Waals surface area contributed by atoms with Crippen LogP contribution in [0.4, 0.5) is 0 Å². The quantitative estimate of drug-likeness (QED) is 0.743. The first-order valence-corrected chi connectivity index (χ1v) is 5.87. The molecule has 0 atom stereocenters. The van der Waals surface area contributed by atoms with Crippen LogP contribution >= 0.6 is 0 Å². The maximum absolute atomic E-state index is 6.00. The van der Waals surface area contributed by atoms with Crippen LogP contribution in [0.2, 0.25) is 0 Å². The van der Waals surface area contributed by atoms with Crippen LogP contribution in [0.5, 0.6) is 5.75 Å². The summed E-state index contributed by atoms with van der Waals surface area (Å²) in [5, 5.41) is 3.39. The highest BCUT2D eigenvalue weighted by Crippen LogP contribution is 2.24. The van der Waals surface area contributed by atoms with Crippen LogP contribution in [0.1, 0.15) is 13.3 Å². The third-order valence-electron chi connectivity index (χ3n) is 2.68. The summed E-state index contributed by atoms with van der Waals surface area (Å²) in [6.07, 6.45) is 1.14. The lowest BCUT2D eigenvalue weighted by atomic mass is 10.0. The zero-order valence-electron chi connectivity index (χ0n) is 9.74. The van der Waals surface area contributed by atoms with Crippen molar-refractivity contribution in [2.75, 3.05) is 26.3 Å². The predicted octanol–water partition coefficient (Wildman–Crippen LogP) is 1.83. The summed E-state index contributed by atoms with van der Waals surface area (Å²) in [4.78, 5) is 0. The minimum Gasteiger partial charge on any atom is -0.481 e. The zero-order valence-corrected chi connectivity index (χ0v) is 9.74. The molecular weight excluding hydrogens is 202 g/mol. The van der Waals surface area contributed by atoms with Gasteiger partial charge in [-0.3, -0.25) is 0 Å². The molecule has 1 aliphatic heterocycles. The van der Waals surface area contributed by atoms with E-state index in [1.807, 2.05) is 30.3 Å². The van der Waals surface area contributed by atoms with Crippen LogP contribution in [-0.4, -0.2) is 31.9 Å². The van der Waals surface area contributed by atoms with Gasteiger partial charge in [-0.25, -0.2) is 0 Å². The van der Waals surface area contributed by atoms with Gasteiger partial charge in [0.2, 0.25) is 0 Å². The molecule has 1 fully saturated rings. The Kier molecular flexibility index (Phi) is 3.80. The molecule has 88 valence electrons. The Hall–Kier alpha value is -1.06. The second kappa shape index (κ2) is 5.32. The van der Waals surface area contributed by atoms with Crippen molar-refractivity contribution >= 4 is 0 Å². The molecule has 0 aromatic heterocycles. The summed E-state index contributed by atoms with van der Waals surface area (Å²) in [5.41, 5.74) is -0.156. The number of nitrogens with one attached hydrogen (secondary N) is 1. The molecule has 1 aromatic carbocycles. The summed E-state index contributed by atoms with van der Waals surface area (Å²) in [7, 11) is 0. The molecule has 1 aromatic rings. The summed E-state index contributed by atoms with van der Waals surface area (Å²) in [6, 6.07) is 9.94. The average Bonchev–Trinajstić information content (AvgIpc) is 2.27. The van der Waals surface area contributed by atoms with E-state index in [-0.39, 0.29) is 5.60 Å². The van der Waals surface area contributed by atoms with E-state index in [0.29, 0.717) is 13.2 Å². The molecule has 0 radical (unpaired) electrons. The van der Waals surface area contributed by atoms with Crippen LogP contribution in [0.25, 0.3) is 0 Å². The highest BCUT2D eigenvalue weighted by Gasteiger charge is 2.40. The van der Waals surface area contributed by atoms with Gasteiger partial charge >= 0.3 is 0 Å². The third kappa shape index (κ3) is 2.74. The van der Waals surface area contributed by atoms with E-state index in [0.717, 1.165) is 25.3 Å². The number of ether oxygens (including phenoxy) is 2. The lowest BCUT2D eigenvalue weighted by Gasteiger charge is -2.41. The van der Waals surface area contributed by atoms with Gasteiger partial charge in [0, 0.05) is 6.54 Å². The molecule has 0 aliphatic carbocycles. The van der Waals surface area contributed by atoms with Gasteiger partial charge in [-0.2, -0.15) is 0 Å². The Morgan fingerprint density at radius 1 is 1.31 bits per heavy atom. The van der Waals surface area contributed by atoms with Crippen LogP contribution in [-0.2, 0) is 4.74 Å². The molecule has 3 heteroatoms. The topological polar surface area (TPSA) is 30.5 Å². The van der Waals surface area contributed by atoms with E-state index in [1.165, 1.54) is 0 Å². The fourth-order valence-corrected chi connectivity index (χ4v) is 1.76. The number of hydrogen-bond acceptors (Lipinski definition) is 3. The number of benzene rings is 1. The molecule has 16 heavy (non-hydrogen) atoms. The van der Waals surface area contributed by atoms with E-state index in [2.05, 4.69) is 12.2 Å². The smallest absolute Gasteiger partial charge is 0.167 e. The minimum absolute atomic E-state index is 0.156. The van der Waals surface area contributed by atoms with Gasteiger partial charge < -0.3 is 14.8 Å². The molecule has 1 saturated heterocycles. The number of rotatable bonds is 6. The Bertz CT molecular complexity index is 309. The molecule has 1 aliphatic rings. The molecular formula is C13H19NO2. The molecule has 2 rings (SSSR count). The SMILES string of the molecule is CCCNCC1(Oc2ccccc2)COC1. The summed E-state index contributed by atoms with van der Waals surface area (Å²) in [5.74, 6) is 0.920. The second-order valence-corrected chi connectivity index (χ2v) is 4.27. The summed E-state index contributed by atoms with van der Waals surface area (Å²) >= 11 is 0. The number of hydrogen-bond donors (Lipinski definition) is 1. The molecule has 1 N–H and O–H groups in total. The highest BCUT2D eigenvalue weighted by molar-refractivity contribution is 5.22. The second-order valence-electron chi connectivity index (χ2n) is 4.27. The van der Waals surface area contributed by atoms with E-state index < -0.39 is 0 Å². The first-order valence-electron chi connectivity index (χ1n) is 5.87. The molecule has 1 heterocycles. The van der Waals surface area contributed by atoms with Crippen molar-refractivity contribution < 1.29 is 9.47 Å². The number of para-hydroxylation sites is 1. The van der Waals surface area contributed by atoms with Crippen molar-refractivity contribution in [1.29, 1.82) is 0 Å². The Morgan fingerprint density at radius 3 is 2.62 bits per heavy atom. The fourth-order valence-electron chi connectivity index (χ4n) is 1.76. The van der Waals surface area contributed by atoms with Crippen molar-refractivity contribution in [1.82, 2.24) is 5.32 Å².